The maximum absolute atomic E-state index is 5.94. The molecule has 2 nitrogen and oxygen atoms in total. The Morgan fingerprint density at radius 2 is 0.889 bits per heavy atom. The topological polar surface area (TPSA) is 9.23 Å². The first-order valence-electron chi connectivity index (χ1n) is 12.0. The summed E-state index contributed by atoms with van der Waals surface area (Å²) in [7, 11) is 4.64. The first-order chi connectivity index (χ1) is 12.6. The van der Waals surface area contributed by atoms with Crippen LogP contribution in [0.1, 0.15) is 123 Å². The zero-order chi connectivity index (χ0) is 19.3. The van der Waals surface area contributed by atoms with E-state index in [1.54, 1.807) is 0 Å². The zero-order valence-electron chi connectivity index (χ0n) is 19.4. The summed E-state index contributed by atoms with van der Waals surface area (Å²) in [5.41, 5.74) is 0. The lowest BCUT2D eigenvalue weighted by atomic mass is 10.1. The molecular formula is C24H52ClNO. The second-order valence-corrected chi connectivity index (χ2v) is 9.00. The molecule has 0 atom stereocenters. The van der Waals surface area contributed by atoms with Crippen LogP contribution in [0.15, 0.2) is 0 Å². The Balaban J connectivity index is 0. The standard InChI is InChI=1S/C24H52NO.ClH/c1-5-7-9-11-13-14-15-16-18-20-22-25(3,4)24-26-23-21-19-17-12-10-8-6-2;/h5-24H2,1-4H3;1H/q+1;/p-1. The summed E-state index contributed by atoms with van der Waals surface area (Å²) in [5.74, 6) is 0. The van der Waals surface area contributed by atoms with Crippen molar-refractivity contribution in [1.29, 1.82) is 0 Å². The average molecular weight is 406 g/mol. The Morgan fingerprint density at radius 3 is 1.33 bits per heavy atom. The van der Waals surface area contributed by atoms with E-state index < -0.39 is 0 Å². The van der Waals surface area contributed by atoms with Crippen LogP contribution in [-0.2, 0) is 4.74 Å². The third-order valence-corrected chi connectivity index (χ3v) is 5.45. The molecule has 0 N–H and O–H groups in total. The Hall–Kier alpha value is 0.210. The lowest BCUT2D eigenvalue weighted by molar-refractivity contribution is -0.909. The maximum Gasteiger partial charge on any atom is 0.182 e. The Labute approximate surface area is 178 Å². The molecule has 0 aromatic rings. The van der Waals surface area contributed by atoms with Crippen molar-refractivity contribution in [2.24, 2.45) is 0 Å². The number of nitrogens with zero attached hydrogens (tertiary/aromatic N) is 1. The number of halogens is 1. The van der Waals surface area contributed by atoms with Crippen molar-refractivity contribution in [1.82, 2.24) is 0 Å². The molecule has 0 unspecified atom stereocenters. The minimum Gasteiger partial charge on any atom is -1.00 e. The number of unbranched alkanes of at least 4 members (excludes halogenated alkanes) is 15. The molecule has 0 radical (unpaired) electrons. The van der Waals surface area contributed by atoms with Gasteiger partial charge in [0.15, 0.2) is 6.73 Å². The average Bonchev–Trinajstić information content (AvgIpc) is 2.62. The minimum absolute atomic E-state index is 0. The molecular weight excluding hydrogens is 354 g/mol. The summed E-state index contributed by atoms with van der Waals surface area (Å²) in [5, 5.41) is 0. The Morgan fingerprint density at radius 1 is 0.519 bits per heavy atom. The normalized spacial score (nSPS) is 11.6. The summed E-state index contributed by atoms with van der Waals surface area (Å²) in [6.07, 6.45) is 23.7. The molecule has 0 saturated carbocycles. The Kier molecular flexibility index (Phi) is 24.5. The number of rotatable bonds is 21. The SMILES string of the molecule is CCCCCCCCCCCC[N+](C)(C)COCCCCCCCCC.[Cl-]. The third-order valence-electron chi connectivity index (χ3n) is 5.45. The highest BCUT2D eigenvalue weighted by molar-refractivity contribution is 4.48. The minimum atomic E-state index is 0. The van der Waals surface area contributed by atoms with Crippen LogP contribution in [0.3, 0.4) is 0 Å². The van der Waals surface area contributed by atoms with E-state index in [-0.39, 0.29) is 12.4 Å². The van der Waals surface area contributed by atoms with Gasteiger partial charge in [0.2, 0.25) is 0 Å². The van der Waals surface area contributed by atoms with Gasteiger partial charge in [0.05, 0.1) is 27.2 Å². The van der Waals surface area contributed by atoms with Crippen LogP contribution in [0.2, 0.25) is 0 Å². The fraction of sp³-hybridized carbons (Fsp3) is 1.00. The molecule has 0 amide bonds. The monoisotopic (exact) mass is 405 g/mol. The van der Waals surface area contributed by atoms with Crippen molar-refractivity contribution >= 4 is 0 Å². The second kappa shape index (κ2) is 22.5. The van der Waals surface area contributed by atoms with E-state index in [4.69, 9.17) is 4.74 Å². The van der Waals surface area contributed by atoms with Gasteiger partial charge in [-0.15, -0.1) is 0 Å². The fourth-order valence-electron chi connectivity index (χ4n) is 3.56. The van der Waals surface area contributed by atoms with Crippen LogP contribution >= 0.6 is 0 Å². The number of quaternary nitrogens is 1. The summed E-state index contributed by atoms with van der Waals surface area (Å²) in [6, 6.07) is 0. The first-order valence-corrected chi connectivity index (χ1v) is 12.0. The van der Waals surface area contributed by atoms with Crippen LogP contribution in [0.4, 0.5) is 0 Å². The molecule has 0 heterocycles. The van der Waals surface area contributed by atoms with E-state index in [1.165, 1.54) is 116 Å². The molecule has 0 aromatic carbocycles. The van der Waals surface area contributed by atoms with Crippen LogP contribution in [0.5, 0.6) is 0 Å². The molecule has 0 aromatic heterocycles. The van der Waals surface area contributed by atoms with Gasteiger partial charge < -0.3 is 21.6 Å². The summed E-state index contributed by atoms with van der Waals surface area (Å²) < 4.78 is 6.96. The van der Waals surface area contributed by atoms with Crippen molar-refractivity contribution in [2.75, 3.05) is 34.0 Å². The number of hydrogen-bond acceptors (Lipinski definition) is 1. The van der Waals surface area contributed by atoms with Gasteiger partial charge in [-0.05, 0) is 19.3 Å². The number of hydrogen-bond donors (Lipinski definition) is 0. The van der Waals surface area contributed by atoms with Crippen molar-refractivity contribution in [3.63, 3.8) is 0 Å². The molecule has 3 heteroatoms. The Bertz CT molecular complexity index is 271. The second-order valence-electron chi connectivity index (χ2n) is 9.00. The van der Waals surface area contributed by atoms with Gasteiger partial charge in [-0.25, -0.2) is 0 Å². The summed E-state index contributed by atoms with van der Waals surface area (Å²) >= 11 is 0. The largest absolute Gasteiger partial charge is 1.00 e. The van der Waals surface area contributed by atoms with Crippen LogP contribution in [0.25, 0.3) is 0 Å². The van der Waals surface area contributed by atoms with Crippen LogP contribution < -0.4 is 12.4 Å². The molecule has 0 aliphatic heterocycles. The van der Waals surface area contributed by atoms with E-state index in [1.807, 2.05) is 0 Å². The third kappa shape index (κ3) is 24.2. The molecule has 27 heavy (non-hydrogen) atoms. The molecule has 0 saturated heterocycles. The first kappa shape index (κ1) is 29.4. The van der Waals surface area contributed by atoms with Crippen molar-refractivity contribution in [3.05, 3.63) is 0 Å². The highest BCUT2D eigenvalue weighted by Gasteiger charge is 2.14. The predicted octanol–water partition coefficient (Wildman–Crippen LogP) is 4.71. The highest BCUT2D eigenvalue weighted by atomic mass is 35.5. The molecule has 0 aliphatic rings. The molecule has 166 valence electrons. The number of ether oxygens (including phenoxy) is 1. The lowest BCUT2D eigenvalue weighted by Gasteiger charge is -2.29. The van der Waals surface area contributed by atoms with Gasteiger partial charge in [-0.1, -0.05) is 104 Å². The van der Waals surface area contributed by atoms with Crippen molar-refractivity contribution < 1.29 is 21.6 Å². The van der Waals surface area contributed by atoms with E-state index in [9.17, 15) is 0 Å². The van der Waals surface area contributed by atoms with Crippen molar-refractivity contribution in [3.8, 4) is 0 Å². The van der Waals surface area contributed by atoms with Gasteiger partial charge in [-0.3, -0.25) is 0 Å². The maximum atomic E-state index is 5.94. The van der Waals surface area contributed by atoms with Gasteiger partial charge in [0.1, 0.15) is 0 Å². The van der Waals surface area contributed by atoms with E-state index in [2.05, 4.69) is 27.9 Å². The molecule has 0 aliphatic carbocycles. The highest BCUT2D eigenvalue weighted by Crippen LogP contribution is 2.12. The van der Waals surface area contributed by atoms with E-state index >= 15 is 0 Å². The predicted molar refractivity (Wildman–Crippen MR) is 118 cm³/mol. The van der Waals surface area contributed by atoms with Crippen molar-refractivity contribution in [2.45, 2.75) is 123 Å². The van der Waals surface area contributed by atoms with E-state index in [0.29, 0.717) is 0 Å². The summed E-state index contributed by atoms with van der Waals surface area (Å²) in [6.45, 7) is 7.67. The molecule has 0 fully saturated rings. The van der Waals surface area contributed by atoms with Gasteiger partial charge >= 0.3 is 0 Å². The van der Waals surface area contributed by atoms with Crippen LogP contribution in [-0.4, -0.2) is 38.5 Å². The molecule has 0 bridgehead atoms. The van der Waals surface area contributed by atoms with Gasteiger partial charge in [0.25, 0.3) is 0 Å². The van der Waals surface area contributed by atoms with Gasteiger partial charge in [0, 0.05) is 0 Å². The summed E-state index contributed by atoms with van der Waals surface area (Å²) in [4.78, 5) is 0. The smallest absolute Gasteiger partial charge is 0.182 e. The fourth-order valence-corrected chi connectivity index (χ4v) is 3.56. The quantitative estimate of drug-likeness (QED) is 0.152. The van der Waals surface area contributed by atoms with E-state index in [0.717, 1.165) is 17.8 Å². The molecule has 0 rings (SSSR count). The van der Waals surface area contributed by atoms with Crippen LogP contribution in [0, 0.1) is 0 Å². The van der Waals surface area contributed by atoms with Gasteiger partial charge in [-0.2, -0.15) is 0 Å². The zero-order valence-corrected chi connectivity index (χ0v) is 20.1. The lowest BCUT2D eigenvalue weighted by Crippen LogP contribution is -3.00. The molecule has 0 spiro atoms.